The number of rotatable bonds is 8. The van der Waals surface area contributed by atoms with E-state index in [2.05, 4.69) is 14.6 Å². The molecular formula is C31H45F2N3O4S. The van der Waals surface area contributed by atoms with Crippen molar-refractivity contribution in [2.75, 3.05) is 13.2 Å². The average molecular weight is 594 g/mol. The zero-order valence-electron chi connectivity index (χ0n) is 25.2. The summed E-state index contributed by atoms with van der Waals surface area (Å²) in [6.45, 7) is 11.4. The fourth-order valence-corrected chi connectivity index (χ4v) is 7.96. The van der Waals surface area contributed by atoms with E-state index in [9.17, 15) is 13.2 Å². The molecule has 1 saturated heterocycles. The van der Waals surface area contributed by atoms with E-state index >= 15 is 8.78 Å². The third-order valence-electron chi connectivity index (χ3n) is 8.17. The number of hydrogen-bond acceptors (Lipinski definition) is 4. The fourth-order valence-electron chi connectivity index (χ4n) is 6.27. The Hall–Kier alpha value is -2.30. The molecule has 4 rings (SSSR count). The van der Waals surface area contributed by atoms with Crippen LogP contribution < -0.4 is 10.0 Å². The minimum absolute atomic E-state index is 0.0189. The summed E-state index contributed by atoms with van der Waals surface area (Å²) in [5.41, 5.74) is 1.80. The van der Waals surface area contributed by atoms with E-state index in [-0.39, 0.29) is 11.9 Å². The molecular weight excluding hydrogens is 548 g/mol. The topological polar surface area (TPSA) is 89.4 Å². The van der Waals surface area contributed by atoms with Gasteiger partial charge in [0.05, 0.1) is 16.2 Å². The van der Waals surface area contributed by atoms with Crippen LogP contribution in [0.3, 0.4) is 0 Å². The highest BCUT2D eigenvalue weighted by atomic mass is 32.2. The van der Waals surface area contributed by atoms with Crippen LogP contribution in [0.2, 0.25) is 0 Å². The fraction of sp³-hybridized carbons (Fsp3) is 0.645. The predicted octanol–water partition coefficient (Wildman–Crippen LogP) is 6.45. The standard InChI is InChI=1S/C31H45F2N3O4S/c1-20-27(29(37)34-24-14-16-40-17-15-24)21(2)36(19-22-10-8-7-9-11-22)28(20)23-12-13-26(25(18-23)31(6,32)33)41(38,39)35-30(3,4)5/h12-13,18,22,24,35H,7-11,14-17,19H2,1-6H3,(H,34,37). The summed E-state index contributed by atoms with van der Waals surface area (Å²) in [4.78, 5) is 13.2. The van der Waals surface area contributed by atoms with Gasteiger partial charge >= 0.3 is 0 Å². The molecule has 41 heavy (non-hydrogen) atoms. The molecule has 1 aliphatic heterocycles. The number of amides is 1. The zero-order chi connectivity index (χ0) is 30.2. The van der Waals surface area contributed by atoms with Crippen LogP contribution in [0.1, 0.15) is 99.8 Å². The molecule has 1 aromatic heterocycles. The van der Waals surface area contributed by atoms with E-state index in [4.69, 9.17) is 4.74 Å². The summed E-state index contributed by atoms with van der Waals surface area (Å²) < 4.78 is 66.5. The van der Waals surface area contributed by atoms with Gasteiger partial charge in [0, 0.05) is 49.5 Å². The van der Waals surface area contributed by atoms with E-state index in [0.29, 0.717) is 55.0 Å². The number of sulfonamides is 1. The van der Waals surface area contributed by atoms with Crippen molar-refractivity contribution in [1.29, 1.82) is 0 Å². The zero-order valence-corrected chi connectivity index (χ0v) is 26.0. The van der Waals surface area contributed by atoms with Crippen molar-refractivity contribution < 1.29 is 26.7 Å². The van der Waals surface area contributed by atoms with Crippen molar-refractivity contribution in [3.63, 3.8) is 0 Å². The van der Waals surface area contributed by atoms with Gasteiger partial charge in [-0.3, -0.25) is 4.79 Å². The molecule has 7 nitrogen and oxygen atoms in total. The lowest BCUT2D eigenvalue weighted by molar-refractivity contribution is 0.0144. The van der Waals surface area contributed by atoms with Crippen molar-refractivity contribution in [3.05, 3.63) is 40.6 Å². The van der Waals surface area contributed by atoms with Gasteiger partial charge in [-0.2, -0.15) is 0 Å². The smallest absolute Gasteiger partial charge is 0.271 e. The van der Waals surface area contributed by atoms with Crippen LogP contribution in [0.4, 0.5) is 8.78 Å². The molecule has 0 bridgehead atoms. The van der Waals surface area contributed by atoms with Crippen LogP contribution in [0.25, 0.3) is 11.3 Å². The molecule has 2 fully saturated rings. The van der Waals surface area contributed by atoms with Crippen molar-refractivity contribution >= 4 is 15.9 Å². The number of nitrogens with one attached hydrogen (secondary N) is 2. The van der Waals surface area contributed by atoms with E-state index in [1.165, 1.54) is 18.6 Å². The second-order valence-electron chi connectivity index (χ2n) is 12.9. The number of benzene rings is 1. The first kappa shape index (κ1) is 31.6. The quantitative estimate of drug-likeness (QED) is 0.368. The lowest BCUT2D eigenvalue weighted by Gasteiger charge is -2.25. The van der Waals surface area contributed by atoms with E-state index in [1.807, 2.05) is 13.8 Å². The maximum absolute atomic E-state index is 15.0. The van der Waals surface area contributed by atoms with Crippen molar-refractivity contribution in [1.82, 2.24) is 14.6 Å². The molecule has 10 heteroatoms. The number of hydrogen-bond donors (Lipinski definition) is 2. The van der Waals surface area contributed by atoms with Crippen LogP contribution in [-0.2, 0) is 27.2 Å². The van der Waals surface area contributed by atoms with Gasteiger partial charge in [-0.15, -0.1) is 0 Å². The monoisotopic (exact) mass is 593 g/mol. The molecule has 2 N–H and O–H groups in total. The molecule has 0 spiro atoms. The number of aromatic nitrogens is 1. The molecule has 228 valence electrons. The number of alkyl halides is 2. The Balaban J connectivity index is 1.84. The Labute approximate surface area is 243 Å². The molecule has 2 aromatic rings. The Morgan fingerprint density at radius 1 is 1.02 bits per heavy atom. The van der Waals surface area contributed by atoms with Crippen LogP contribution in [0.5, 0.6) is 0 Å². The van der Waals surface area contributed by atoms with E-state index in [1.54, 1.807) is 26.8 Å². The molecule has 0 unspecified atom stereocenters. The first-order valence-electron chi connectivity index (χ1n) is 14.7. The molecule has 1 aromatic carbocycles. The first-order valence-corrected chi connectivity index (χ1v) is 16.2. The van der Waals surface area contributed by atoms with Gasteiger partial charge in [0.25, 0.3) is 11.8 Å². The average Bonchev–Trinajstić information content (AvgIpc) is 3.12. The van der Waals surface area contributed by atoms with Gasteiger partial charge in [-0.1, -0.05) is 25.3 Å². The SMILES string of the molecule is Cc1c(C(=O)NC2CCOCC2)c(C)n(CC2CCCCC2)c1-c1ccc(S(=O)(=O)NC(C)(C)C)c(C(C)(F)F)c1. The lowest BCUT2D eigenvalue weighted by Crippen LogP contribution is -2.41. The highest BCUT2D eigenvalue weighted by molar-refractivity contribution is 7.89. The maximum atomic E-state index is 15.0. The number of halogens is 2. The second-order valence-corrected chi connectivity index (χ2v) is 14.5. The van der Waals surface area contributed by atoms with Crippen molar-refractivity contribution in [2.24, 2.45) is 5.92 Å². The van der Waals surface area contributed by atoms with Gasteiger partial charge < -0.3 is 14.6 Å². The van der Waals surface area contributed by atoms with Gasteiger partial charge in [-0.25, -0.2) is 21.9 Å². The molecule has 2 heterocycles. The lowest BCUT2D eigenvalue weighted by atomic mass is 9.89. The third-order valence-corrected chi connectivity index (χ3v) is 9.99. The van der Waals surface area contributed by atoms with E-state index in [0.717, 1.165) is 44.2 Å². The van der Waals surface area contributed by atoms with Gasteiger partial charge in [0.2, 0.25) is 10.0 Å². The van der Waals surface area contributed by atoms with Gasteiger partial charge in [0.1, 0.15) is 0 Å². The molecule has 2 aliphatic rings. The largest absolute Gasteiger partial charge is 0.381 e. The third kappa shape index (κ3) is 7.38. The number of carbonyl (C=O) groups excluding carboxylic acids is 1. The van der Waals surface area contributed by atoms with Crippen molar-refractivity contribution in [3.8, 4) is 11.3 Å². The second kappa shape index (κ2) is 12.1. The number of ether oxygens (including phenoxy) is 1. The minimum atomic E-state index is -4.22. The van der Waals surface area contributed by atoms with Crippen LogP contribution in [-0.4, -0.2) is 43.7 Å². The Kier molecular flexibility index (Phi) is 9.36. The van der Waals surface area contributed by atoms with Gasteiger partial charge in [0.15, 0.2) is 0 Å². The van der Waals surface area contributed by atoms with Crippen LogP contribution >= 0.6 is 0 Å². The highest BCUT2D eigenvalue weighted by Gasteiger charge is 2.36. The normalized spacial score (nSPS) is 18.0. The molecule has 1 amide bonds. The van der Waals surface area contributed by atoms with Crippen LogP contribution in [0.15, 0.2) is 23.1 Å². The summed E-state index contributed by atoms with van der Waals surface area (Å²) in [5, 5.41) is 3.16. The van der Waals surface area contributed by atoms with Crippen molar-refractivity contribution in [2.45, 2.75) is 115 Å². The van der Waals surface area contributed by atoms with E-state index < -0.39 is 31.9 Å². The molecule has 1 saturated carbocycles. The minimum Gasteiger partial charge on any atom is -0.381 e. The summed E-state index contributed by atoms with van der Waals surface area (Å²) in [6, 6.07) is 4.16. The highest BCUT2D eigenvalue weighted by Crippen LogP contribution is 2.39. The summed E-state index contributed by atoms with van der Waals surface area (Å²) in [5.74, 6) is -3.17. The molecule has 1 aliphatic carbocycles. The number of carbonyl (C=O) groups is 1. The van der Waals surface area contributed by atoms with Gasteiger partial charge in [-0.05, 0) is 89.5 Å². The van der Waals surface area contributed by atoms with Crippen LogP contribution in [0, 0.1) is 19.8 Å². The predicted molar refractivity (Wildman–Crippen MR) is 157 cm³/mol. The Morgan fingerprint density at radius 3 is 2.24 bits per heavy atom. The molecule has 0 atom stereocenters. The molecule has 0 radical (unpaired) electrons. The maximum Gasteiger partial charge on any atom is 0.271 e. The summed E-state index contributed by atoms with van der Waals surface area (Å²) in [7, 11) is -4.22. The first-order chi connectivity index (χ1) is 19.1. The summed E-state index contributed by atoms with van der Waals surface area (Å²) in [6.07, 6.45) is 7.15. The summed E-state index contributed by atoms with van der Waals surface area (Å²) >= 11 is 0. The Bertz CT molecular complexity index is 1360. The number of nitrogens with zero attached hydrogens (tertiary/aromatic N) is 1. The Morgan fingerprint density at radius 2 is 1.66 bits per heavy atom.